The Morgan fingerprint density at radius 3 is 2.88 bits per heavy atom. The Morgan fingerprint density at radius 2 is 2.12 bits per heavy atom. The Morgan fingerprint density at radius 1 is 1.28 bits per heavy atom. The van der Waals surface area contributed by atoms with Crippen LogP contribution in [0.15, 0.2) is 40.0 Å². The Hall–Kier alpha value is -2.12. The molecule has 2 aromatic heterocycles. The van der Waals surface area contributed by atoms with Gasteiger partial charge in [0.1, 0.15) is 5.82 Å². The minimum absolute atomic E-state index is 0.0506. The van der Waals surface area contributed by atoms with E-state index in [4.69, 9.17) is 21.8 Å². The van der Waals surface area contributed by atoms with Gasteiger partial charge in [-0.1, -0.05) is 42.4 Å². The molecular weight excluding hydrogens is 358 g/mol. The van der Waals surface area contributed by atoms with E-state index >= 15 is 0 Å². The Labute approximate surface area is 154 Å². The molecule has 0 aliphatic heterocycles. The summed E-state index contributed by atoms with van der Waals surface area (Å²) in [5.74, 6) is 2.82. The van der Waals surface area contributed by atoms with Gasteiger partial charge >= 0.3 is 0 Å². The molecule has 0 radical (unpaired) electrons. The maximum atomic E-state index is 6.01. The number of nitrogen functional groups attached to an aromatic ring is 1. The first-order valence-electron chi connectivity index (χ1n) is 7.87. The summed E-state index contributed by atoms with van der Waals surface area (Å²) in [6.45, 7) is 2.14. The minimum atomic E-state index is 0.0506. The standard InChI is InChI=1S/C17H16ClN5OS/c1-17(5-6-17)14-21-15(19)23-16(22-14)25-9-13-20-8-12(24-13)10-3-2-4-11(18)7-10/h2-4,7-8H,5-6,9H2,1H3,(H2,19,21,22,23). The van der Waals surface area contributed by atoms with E-state index in [1.54, 1.807) is 6.20 Å². The molecule has 0 atom stereocenters. The van der Waals surface area contributed by atoms with Crippen LogP contribution in [0.25, 0.3) is 11.3 Å². The molecule has 3 aromatic rings. The molecule has 1 aliphatic carbocycles. The van der Waals surface area contributed by atoms with Gasteiger partial charge in [-0.15, -0.1) is 0 Å². The fourth-order valence-electron chi connectivity index (χ4n) is 2.40. The van der Waals surface area contributed by atoms with Crippen molar-refractivity contribution in [1.82, 2.24) is 19.9 Å². The molecule has 0 spiro atoms. The number of halogens is 1. The molecule has 0 bridgehead atoms. The van der Waals surface area contributed by atoms with Gasteiger partial charge in [0.25, 0.3) is 0 Å². The number of aromatic nitrogens is 4. The van der Waals surface area contributed by atoms with Crippen LogP contribution in [0.4, 0.5) is 5.95 Å². The molecule has 0 unspecified atom stereocenters. The molecule has 0 amide bonds. The van der Waals surface area contributed by atoms with Crippen LogP contribution in [-0.2, 0) is 11.2 Å². The SMILES string of the molecule is CC1(c2nc(N)nc(SCc3ncc(-c4cccc(Cl)c4)o3)n2)CC1. The largest absolute Gasteiger partial charge is 0.440 e. The van der Waals surface area contributed by atoms with Crippen molar-refractivity contribution in [2.24, 2.45) is 0 Å². The van der Waals surface area contributed by atoms with Gasteiger partial charge in [0, 0.05) is 16.0 Å². The first kappa shape index (κ1) is 16.4. The zero-order valence-electron chi connectivity index (χ0n) is 13.6. The molecule has 1 aliphatic rings. The van der Waals surface area contributed by atoms with Gasteiger partial charge < -0.3 is 10.2 Å². The number of thioether (sulfide) groups is 1. The lowest BCUT2D eigenvalue weighted by Gasteiger charge is -2.08. The molecule has 1 saturated carbocycles. The lowest BCUT2D eigenvalue weighted by atomic mass is 10.1. The van der Waals surface area contributed by atoms with Crippen LogP contribution in [-0.4, -0.2) is 19.9 Å². The fourth-order valence-corrected chi connectivity index (χ4v) is 3.28. The predicted octanol–water partition coefficient (Wildman–Crippen LogP) is 4.11. The predicted molar refractivity (Wildman–Crippen MR) is 97.3 cm³/mol. The van der Waals surface area contributed by atoms with Crippen molar-refractivity contribution < 1.29 is 4.42 Å². The summed E-state index contributed by atoms with van der Waals surface area (Å²) in [6.07, 6.45) is 3.87. The maximum Gasteiger partial charge on any atom is 0.224 e. The van der Waals surface area contributed by atoms with Crippen molar-refractivity contribution >= 4 is 29.3 Å². The van der Waals surface area contributed by atoms with Gasteiger partial charge in [-0.2, -0.15) is 9.97 Å². The van der Waals surface area contributed by atoms with Crippen LogP contribution in [0.1, 0.15) is 31.5 Å². The van der Waals surface area contributed by atoms with E-state index in [2.05, 4.69) is 26.9 Å². The van der Waals surface area contributed by atoms with E-state index in [0.29, 0.717) is 27.6 Å². The van der Waals surface area contributed by atoms with E-state index in [-0.39, 0.29) is 11.4 Å². The van der Waals surface area contributed by atoms with Crippen LogP contribution in [0.5, 0.6) is 0 Å². The summed E-state index contributed by atoms with van der Waals surface area (Å²) in [5.41, 5.74) is 6.76. The zero-order chi connectivity index (χ0) is 17.4. The second-order valence-electron chi connectivity index (χ2n) is 6.28. The van der Waals surface area contributed by atoms with Crippen LogP contribution in [0.2, 0.25) is 5.02 Å². The Kier molecular flexibility index (Phi) is 4.13. The zero-order valence-corrected chi connectivity index (χ0v) is 15.1. The van der Waals surface area contributed by atoms with Crippen LogP contribution in [0, 0.1) is 0 Å². The highest BCUT2D eigenvalue weighted by Crippen LogP contribution is 2.46. The van der Waals surface area contributed by atoms with Crippen molar-refractivity contribution in [1.29, 1.82) is 0 Å². The van der Waals surface area contributed by atoms with Gasteiger partial charge in [0.15, 0.2) is 10.9 Å². The third-order valence-electron chi connectivity index (χ3n) is 4.16. The van der Waals surface area contributed by atoms with Gasteiger partial charge in [0.05, 0.1) is 11.9 Å². The summed E-state index contributed by atoms with van der Waals surface area (Å²) in [5, 5.41) is 1.25. The molecule has 4 rings (SSSR count). The van der Waals surface area contributed by atoms with E-state index in [1.165, 1.54) is 11.8 Å². The average molecular weight is 374 g/mol. The highest BCUT2D eigenvalue weighted by Gasteiger charge is 2.42. The first-order valence-corrected chi connectivity index (χ1v) is 9.24. The van der Waals surface area contributed by atoms with Gasteiger partial charge in [0.2, 0.25) is 11.8 Å². The number of nitrogens with zero attached hydrogens (tertiary/aromatic N) is 4. The van der Waals surface area contributed by atoms with Crippen LogP contribution >= 0.6 is 23.4 Å². The second kappa shape index (κ2) is 6.31. The number of hydrogen-bond donors (Lipinski definition) is 1. The molecular formula is C17H16ClN5OS. The van der Waals surface area contributed by atoms with Crippen molar-refractivity contribution in [3.05, 3.63) is 47.2 Å². The highest BCUT2D eigenvalue weighted by atomic mass is 35.5. The van der Waals surface area contributed by atoms with Crippen molar-refractivity contribution in [2.75, 3.05) is 5.73 Å². The molecule has 1 fully saturated rings. The first-order chi connectivity index (χ1) is 12.0. The molecule has 0 saturated heterocycles. The monoisotopic (exact) mass is 373 g/mol. The highest BCUT2D eigenvalue weighted by molar-refractivity contribution is 7.98. The van der Waals surface area contributed by atoms with Crippen molar-refractivity contribution in [3.8, 4) is 11.3 Å². The van der Waals surface area contributed by atoms with Gasteiger partial charge in [-0.3, -0.25) is 0 Å². The number of oxazole rings is 1. The Bertz CT molecular complexity index is 925. The molecule has 128 valence electrons. The number of anilines is 1. The summed E-state index contributed by atoms with van der Waals surface area (Å²) >= 11 is 7.45. The fraction of sp³-hybridized carbons (Fsp3) is 0.294. The normalized spacial score (nSPS) is 15.3. The van der Waals surface area contributed by atoms with Crippen LogP contribution < -0.4 is 5.73 Å². The topological polar surface area (TPSA) is 90.7 Å². The van der Waals surface area contributed by atoms with E-state index < -0.39 is 0 Å². The molecule has 25 heavy (non-hydrogen) atoms. The number of hydrogen-bond acceptors (Lipinski definition) is 7. The van der Waals surface area contributed by atoms with Gasteiger partial charge in [-0.05, 0) is 25.0 Å². The summed E-state index contributed by atoms with van der Waals surface area (Å²) < 4.78 is 5.79. The van der Waals surface area contributed by atoms with Crippen LogP contribution in [0.3, 0.4) is 0 Å². The Balaban J connectivity index is 1.48. The third-order valence-corrected chi connectivity index (χ3v) is 5.23. The van der Waals surface area contributed by atoms with Crippen molar-refractivity contribution in [3.63, 3.8) is 0 Å². The van der Waals surface area contributed by atoms with E-state index in [0.717, 1.165) is 24.2 Å². The van der Waals surface area contributed by atoms with E-state index in [9.17, 15) is 0 Å². The average Bonchev–Trinajstić information content (AvgIpc) is 3.17. The number of nitrogens with two attached hydrogens (primary N) is 1. The second-order valence-corrected chi connectivity index (χ2v) is 7.66. The minimum Gasteiger partial charge on any atom is -0.440 e. The number of rotatable bonds is 5. The van der Waals surface area contributed by atoms with Crippen molar-refractivity contribution in [2.45, 2.75) is 36.1 Å². The summed E-state index contributed by atoms with van der Waals surface area (Å²) in [7, 11) is 0. The molecule has 6 nitrogen and oxygen atoms in total. The lowest BCUT2D eigenvalue weighted by Crippen LogP contribution is -2.11. The quantitative estimate of drug-likeness (QED) is 0.673. The lowest BCUT2D eigenvalue weighted by molar-refractivity contribution is 0.529. The number of benzene rings is 1. The molecule has 2 N–H and O–H groups in total. The summed E-state index contributed by atoms with van der Waals surface area (Å²) in [6, 6.07) is 7.47. The van der Waals surface area contributed by atoms with E-state index in [1.807, 2.05) is 24.3 Å². The molecule has 2 heterocycles. The molecule has 8 heteroatoms. The molecule has 1 aromatic carbocycles. The maximum absolute atomic E-state index is 6.01. The third kappa shape index (κ3) is 3.62. The summed E-state index contributed by atoms with van der Waals surface area (Å²) in [4.78, 5) is 17.3. The van der Waals surface area contributed by atoms with Gasteiger partial charge in [-0.25, -0.2) is 9.97 Å². The smallest absolute Gasteiger partial charge is 0.224 e.